The predicted molar refractivity (Wildman–Crippen MR) is 63.1 cm³/mol. The Labute approximate surface area is 103 Å². The SMILES string of the molecule is CN1CCC(Sc2ccnc(C(=O)O)c2)C1=O. The monoisotopic (exact) mass is 252 g/mol. The molecule has 1 aliphatic heterocycles. The highest BCUT2D eigenvalue weighted by molar-refractivity contribution is 8.00. The maximum atomic E-state index is 11.7. The van der Waals surface area contributed by atoms with Crippen LogP contribution < -0.4 is 0 Å². The summed E-state index contributed by atoms with van der Waals surface area (Å²) in [7, 11) is 1.78. The van der Waals surface area contributed by atoms with Crippen LogP contribution in [0.1, 0.15) is 16.9 Å². The summed E-state index contributed by atoms with van der Waals surface area (Å²) in [6.45, 7) is 0.757. The van der Waals surface area contributed by atoms with Crippen LogP contribution in [0.2, 0.25) is 0 Å². The normalized spacial score (nSPS) is 19.7. The molecule has 1 saturated heterocycles. The van der Waals surface area contributed by atoms with E-state index in [1.165, 1.54) is 24.0 Å². The molecule has 2 heterocycles. The summed E-state index contributed by atoms with van der Waals surface area (Å²) < 4.78 is 0. The number of carbonyl (C=O) groups excluding carboxylic acids is 1. The first-order chi connectivity index (χ1) is 8.08. The molecule has 1 fully saturated rings. The lowest BCUT2D eigenvalue weighted by atomic mass is 10.3. The molecule has 1 atom stereocenters. The van der Waals surface area contributed by atoms with Crippen molar-refractivity contribution < 1.29 is 14.7 Å². The van der Waals surface area contributed by atoms with Crippen molar-refractivity contribution in [1.82, 2.24) is 9.88 Å². The topological polar surface area (TPSA) is 70.5 Å². The Morgan fingerprint density at radius 2 is 2.41 bits per heavy atom. The van der Waals surface area contributed by atoms with Crippen LogP contribution in [-0.4, -0.2) is 45.7 Å². The van der Waals surface area contributed by atoms with Gasteiger partial charge in [-0.25, -0.2) is 9.78 Å². The number of pyridine rings is 1. The molecule has 1 unspecified atom stereocenters. The van der Waals surface area contributed by atoms with Crippen LogP contribution in [0.15, 0.2) is 23.2 Å². The highest BCUT2D eigenvalue weighted by atomic mass is 32.2. The van der Waals surface area contributed by atoms with Gasteiger partial charge in [0.15, 0.2) is 0 Å². The van der Waals surface area contributed by atoms with Gasteiger partial charge in [-0.05, 0) is 18.6 Å². The summed E-state index contributed by atoms with van der Waals surface area (Å²) in [6, 6.07) is 3.22. The number of carboxylic acids is 1. The lowest BCUT2D eigenvalue weighted by Gasteiger charge is -2.09. The van der Waals surface area contributed by atoms with Crippen molar-refractivity contribution in [3.05, 3.63) is 24.0 Å². The van der Waals surface area contributed by atoms with E-state index in [4.69, 9.17) is 5.11 Å². The zero-order chi connectivity index (χ0) is 12.4. The third-order valence-corrected chi connectivity index (χ3v) is 3.86. The van der Waals surface area contributed by atoms with Gasteiger partial charge in [-0.1, -0.05) is 0 Å². The number of amides is 1. The third-order valence-electron chi connectivity index (χ3n) is 2.61. The minimum atomic E-state index is -1.05. The van der Waals surface area contributed by atoms with Crippen molar-refractivity contribution >= 4 is 23.6 Å². The van der Waals surface area contributed by atoms with Gasteiger partial charge in [0.05, 0.1) is 5.25 Å². The van der Waals surface area contributed by atoms with Gasteiger partial charge in [0.2, 0.25) is 5.91 Å². The van der Waals surface area contributed by atoms with Crippen LogP contribution in [0, 0.1) is 0 Å². The Bertz CT molecular complexity index is 464. The van der Waals surface area contributed by atoms with Gasteiger partial charge < -0.3 is 10.0 Å². The van der Waals surface area contributed by atoms with E-state index in [0.717, 1.165) is 17.9 Å². The predicted octanol–water partition coefficient (Wildman–Crippen LogP) is 1.10. The van der Waals surface area contributed by atoms with Crippen molar-refractivity contribution in [2.45, 2.75) is 16.6 Å². The van der Waals surface area contributed by atoms with Gasteiger partial charge in [-0.2, -0.15) is 0 Å². The van der Waals surface area contributed by atoms with E-state index in [-0.39, 0.29) is 16.9 Å². The molecule has 0 aromatic carbocycles. The first-order valence-electron chi connectivity index (χ1n) is 5.19. The fraction of sp³-hybridized carbons (Fsp3) is 0.364. The molecule has 1 aromatic heterocycles. The van der Waals surface area contributed by atoms with E-state index in [9.17, 15) is 9.59 Å². The Morgan fingerprint density at radius 3 is 3.00 bits per heavy atom. The third kappa shape index (κ3) is 2.58. The summed E-state index contributed by atoms with van der Waals surface area (Å²) >= 11 is 1.40. The summed E-state index contributed by atoms with van der Waals surface area (Å²) in [5.41, 5.74) is 0.00815. The fourth-order valence-corrected chi connectivity index (χ4v) is 2.82. The van der Waals surface area contributed by atoms with Gasteiger partial charge >= 0.3 is 5.97 Å². The van der Waals surface area contributed by atoms with E-state index < -0.39 is 5.97 Å². The van der Waals surface area contributed by atoms with Crippen LogP contribution in [0.5, 0.6) is 0 Å². The lowest BCUT2D eigenvalue weighted by Crippen LogP contribution is -2.23. The lowest BCUT2D eigenvalue weighted by molar-refractivity contribution is -0.126. The molecular weight excluding hydrogens is 240 g/mol. The number of carboxylic acid groups (broad SMARTS) is 1. The van der Waals surface area contributed by atoms with Gasteiger partial charge in [0.1, 0.15) is 5.69 Å². The molecule has 1 aromatic rings. The molecule has 0 aliphatic carbocycles. The summed E-state index contributed by atoms with van der Waals surface area (Å²) in [5.74, 6) is -0.953. The van der Waals surface area contributed by atoms with Gasteiger partial charge in [0, 0.05) is 24.7 Å². The summed E-state index contributed by atoms with van der Waals surface area (Å²) in [4.78, 5) is 28.7. The van der Waals surface area contributed by atoms with E-state index in [1.54, 1.807) is 18.0 Å². The first-order valence-corrected chi connectivity index (χ1v) is 6.07. The molecule has 1 aliphatic rings. The number of carbonyl (C=O) groups is 2. The number of hydrogen-bond acceptors (Lipinski definition) is 4. The number of rotatable bonds is 3. The number of nitrogens with zero attached hydrogens (tertiary/aromatic N) is 2. The zero-order valence-electron chi connectivity index (χ0n) is 9.29. The number of aromatic carboxylic acids is 1. The zero-order valence-corrected chi connectivity index (χ0v) is 10.1. The van der Waals surface area contributed by atoms with Crippen molar-refractivity contribution in [3.8, 4) is 0 Å². The molecule has 90 valence electrons. The fourth-order valence-electron chi connectivity index (χ4n) is 1.67. The standard InChI is InChI=1S/C11H12N2O3S/c1-13-5-3-9(10(13)14)17-7-2-4-12-8(6-7)11(15)16/h2,4,6,9H,3,5H2,1H3,(H,15,16). The molecule has 0 bridgehead atoms. The van der Waals surface area contributed by atoms with Crippen LogP contribution in [0.3, 0.4) is 0 Å². The summed E-state index contributed by atoms with van der Waals surface area (Å²) in [5, 5.41) is 8.71. The highest BCUT2D eigenvalue weighted by Crippen LogP contribution is 2.30. The number of aromatic nitrogens is 1. The Hall–Kier alpha value is -1.56. The first kappa shape index (κ1) is 11.9. The average molecular weight is 252 g/mol. The van der Waals surface area contributed by atoms with Gasteiger partial charge in [0.25, 0.3) is 0 Å². The van der Waals surface area contributed by atoms with E-state index in [1.807, 2.05) is 0 Å². The number of thioether (sulfide) groups is 1. The molecular formula is C11H12N2O3S. The largest absolute Gasteiger partial charge is 0.477 e. The van der Waals surface area contributed by atoms with Crippen molar-refractivity contribution in [2.24, 2.45) is 0 Å². The van der Waals surface area contributed by atoms with E-state index in [0.29, 0.717) is 0 Å². The molecule has 0 saturated carbocycles. The van der Waals surface area contributed by atoms with Crippen molar-refractivity contribution in [3.63, 3.8) is 0 Å². The molecule has 0 spiro atoms. The second-order valence-corrected chi connectivity index (χ2v) is 5.11. The van der Waals surface area contributed by atoms with Crippen LogP contribution in [0.4, 0.5) is 0 Å². The Kier molecular flexibility index (Phi) is 3.33. The average Bonchev–Trinajstić information content (AvgIpc) is 2.61. The van der Waals surface area contributed by atoms with Gasteiger partial charge in [-0.15, -0.1) is 11.8 Å². The summed E-state index contributed by atoms with van der Waals surface area (Å²) in [6.07, 6.45) is 2.25. The molecule has 17 heavy (non-hydrogen) atoms. The minimum Gasteiger partial charge on any atom is -0.477 e. The maximum Gasteiger partial charge on any atom is 0.354 e. The smallest absolute Gasteiger partial charge is 0.354 e. The van der Waals surface area contributed by atoms with E-state index in [2.05, 4.69) is 4.98 Å². The molecule has 0 radical (unpaired) electrons. The quantitative estimate of drug-likeness (QED) is 0.872. The highest BCUT2D eigenvalue weighted by Gasteiger charge is 2.29. The van der Waals surface area contributed by atoms with Crippen molar-refractivity contribution in [1.29, 1.82) is 0 Å². The van der Waals surface area contributed by atoms with E-state index >= 15 is 0 Å². The van der Waals surface area contributed by atoms with Gasteiger partial charge in [-0.3, -0.25) is 4.79 Å². The van der Waals surface area contributed by atoms with Crippen LogP contribution in [0.25, 0.3) is 0 Å². The van der Waals surface area contributed by atoms with Crippen LogP contribution >= 0.6 is 11.8 Å². The Balaban J connectivity index is 2.11. The maximum absolute atomic E-state index is 11.7. The second kappa shape index (κ2) is 4.75. The second-order valence-electron chi connectivity index (χ2n) is 3.84. The minimum absolute atomic E-state index is 0.00815. The molecule has 5 nitrogen and oxygen atoms in total. The molecule has 6 heteroatoms. The molecule has 1 amide bonds. The van der Waals surface area contributed by atoms with Crippen LogP contribution in [-0.2, 0) is 4.79 Å². The molecule has 1 N–H and O–H groups in total. The number of hydrogen-bond donors (Lipinski definition) is 1. The molecule has 2 rings (SSSR count). The van der Waals surface area contributed by atoms with Crippen molar-refractivity contribution in [2.75, 3.05) is 13.6 Å². The Morgan fingerprint density at radius 1 is 1.65 bits per heavy atom. The number of likely N-dealkylation sites (tertiary alicyclic amines) is 1.